The van der Waals surface area contributed by atoms with Gasteiger partial charge in [-0.1, -0.05) is 58.1 Å². The molecule has 1 heterocycles. The molecule has 0 aromatic carbocycles. The Morgan fingerprint density at radius 2 is 1.35 bits per heavy atom. The van der Waals surface area contributed by atoms with Crippen molar-refractivity contribution < 1.29 is 19.2 Å². The van der Waals surface area contributed by atoms with Crippen LogP contribution in [0.2, 0.25) is 0 Å². The first-order valence-corrected chi connectivity index (χ1v) is 11.2. The van der Waals surface area contributed by atoms with Crippen LogP contribution in [-0.4, -0.2) is 45.6 Å². The monoisotopic (exact) mass is 404 g/mol. The minimum absolute atomic E-state index is 0.0226. The molecule has 1 aliphatic heterocycles. The Labute approximate surface area is 165 Å². The van der Waals surface area contributed by atoms with Gasteiger partial charge in [0.15, 0.2) is 10.2 Å². The van der Waals surface area contributed by atoms with Crippen molar-refractivity contribution in [1.82, 2.24) is 10.6 Å². The summed E-state index contributed by atoms with van der Waals surface area (Å²) >= 11 is 2.49. The number of hydrogen-bond acceptors (Lipinski definition) is 6. The van der Waals surface area contributed by atoms with Crippen molar-refractivity contribution >= 4 is 45.6 Å². The summed E-state index contributed by atoms with van der Waals surface area (Å²) in [5.41, 5.74) is 0. The van der Waals surface area contributed by atoms with Crippen molar-refractivity contribution in [3.05, 3.63) is 0 Å². The molecule has 2 atom stereocenters. The van der Waals surface area contributed by atoms with Crippen LogP contribution in [0.3, 0.4) is 0 Å². The van der Waals surface area contributed by atoms with Gasteiger partial charge in [0.2, 0.25) is 11.8 Å². The maximum Gasteiger partial charge on any atom is 0.243 e. The number of rotatable bonds is 9. The molecule has 1 fully saturated rings. The lowest BCUT2D eigenvalue weighted by molar-refractivity contribution is -0.137. The third-order valence-electron chi connectivity index (χ3n) is 3.42. The molecule has 1 saturated heterocycles. The normalized spacial score (nSPS) is 19.3. The molecule has 2 N–H and O–H groups in total. The molecule has 0 radical (unpaired) electrons. The predicted octanol–water partition coefficient (Wildman–Crippen LogP) is 2.75. The molecule has 0 bridgehead atoms. The van der Waals surface area contributed by atoms with E-state index in [1.807, 2.05) is 34.6 Å². The minimum Gasteiger partial charge on any atom is -0.343 e. The van der Waals surface area contributed by atoms with E-state index < -0.39 is 12.1 Å². The number of carbonyl (C=O) groups is 4. The highest BCUT2D eigenvalue weighted by molar-refractivity contribution is 8.13. The van der Waals surface area contributed by atoms with E-state index in [-0.39, 0.29) is 34.9 Å². The fraction of sp³-hybridized carbons (Fsp3) is 0.778. The van der Waals surface area contributed by atoms with E-state index in [1.165, 1.54) is 23.5 Å². The van der Waals surface area contributed by atoms with Gasteiger partial charge in [-0.2, -0.15) is 0 Å². The molecular weight excluding hydrogens is 372 g/mol. The first-order chi connectivity index (χ1) is 12.3. The third kappa shape index (κ3) is 10.2. The maximum atomic E-state index is 12.1. The van der Waals surface area contributed by atoms with Gasteiger partial charge in [-0.3, -0.25) is 19.2 Å². The van der Waals surface area contributed by atoms with Gasteiger partial charge in [-0.25, -0.2) is 0 Å². The zero-order valence-corrected chi connectivity index (χ0v) is 18.1. The first kappa shape index (κ1) is 25.0. The summed E-state index contributed by atoms with van der Waals surface area (Å²) in [6, 6.07) is -1.33. The lowest BCUT2D eigenvalue weighted by Crippen LogP contribution is -2.61. The van der Waals surface area contributed by atoms with Crippen LogP contribution in [-0.2, 0) is 19.2 Å². The summed E-state index contributed by atoms with van der Waals surface area (Å²) < 4.78 is 0. The molecule has 1 aliphatic rings. The Balaban J connectivity index is 0.00000301. The fourth-order valence-corrected chi connectivity index (χ4v) is 3.54. The number of piperazine rings is 1. The van der Waals surface area contributed by atoms with Gasteiger partial charge in [0.05, 0.1) is 0 Å². The van der Waals surface area contributed by atoms with Crippen LogP contribution in [0.1, 0.15) is 60.3 Å². The molecule has 0 aliphatic carbocycles. The average molecular weight is 405 g/mol. The summed E-state index contributed by atoms with van der Waals surface area (Å²) in [5, 5.41) is 5.38. The highest BCUT2D eigenvalue weighted by atomic mass is 32.2. The molecule has 26 heavy (non-hydrogen) atoms. The van der Waals surface area contributed by atoms with Crippen LogP contribution >= 0.6 is 23.5 Å². The molecule has 150 valence electrons. The summed E-state index contributed by atoms with van der Waals surface area (Å²) in [6.45, 7) is 9.97. The van der Waals surface area contributed by atoms with Gasteiger partial charge in [0.1, 0.15) is 12.1 Å². The molecule has 0 aromatic heterocycles. The number of amides is 2. The Morgan fingerprint density at radius 1 is 0.923 bits per heavy atom. The second-order valence-corrected chi connectivity index (χ2v) is 8.48. The molecule has 2 amide bonds. The second kappa shape index (κ2) is 14.1. The first-order valence-electron chi connectivity index (χ1n) is 9.25. The van der Waals surface area contributed by atoms with Crippen molar-refractivity contribution in [2.45, 2.75) is 72.4 Å². The van der Waals surface area contributed by atoms with E-state index in [1.54, 1.807) is 0 Å². The van der Waals surface area contributed by atoms with Crippen LogP contribution < -0.4 is 10.6 Å². The molecule has 1 rings (SSSR count). The van der Waals surface area contributed by atoms with Gasteiger partial charge < -0.3 is 10.6 Å². The van der Waals surface area contributed by atoms with Crippen molar-refractivity contribution in [2.24, 2.45) is 5.92 Å². The van der Waals surface area contributed by atoms with Gasteiger partial charge in [0, 0.05) is 18.6 Å². The minimum atomic E-state index is -0.668. The third-order valence-corrected chi connectivity index (χ3v) is 5.60. The topological polar surface area (TPSA) is 92.3 Å². The van der Waals surface area contributed by atoms with Crippen molar-refractivity contribution in [1.29, 1.82) is 0 Å². The summed E-state index contributed by atoms with van der Waals surface area (Å²) in [6.07, 6.45) is 1.12. The average Bonchev–Trinajstić information content (AvgIpc) is 2.61. The number of carbonyl (C=O) groups excluding carboxylic acids is 4. The summed E-state index contributed by atoms with van der Waals surface area (Å²) in [4.78, 5) is 47.4. The number of nitrogens with one attached hydrogen (secondary N) is 2. The zero-order chi connectivity index (χ0) is 20.1. The van der Waals surface area contributed by atoms with Gasteiger partial charge in [0.25, 0.3) is 0 Å². The lowest BCUT2D eigenvalue weighted by atomic mass is 10.0. The molecule has 0 saturated carbocycles. The Hall–Kier alpha value is -1.02. The molecular formula is C18H32N2O4S2. The van der Waals surface area contributed by atoms with E-state index in [0.29, 0.717) is 24.5 Å². The highest BCUT2D eigenvalue weighted by Gasteiger charge is 2.33. The maximum absolute atomic E-state index is 12.1. The van der Waals surface area contributed by atoms with E-state index >= 15 is 0 Å². The summed E-state index contributed by atoms with van der Waals surface area (Å²) in [5.74, 6) is 1.33. The number of thioether (sulfide) groups is 2. The standard InChI is InChI=1S/C16H26N2O4S2.C2H6/c1-4-23-13(19)7-5-11-15(21)18-12(16(22)17-11)6-8-14(20)24-9-10(2)3;1-2/h10-12H,4-9H2,1-3H3,(H,17,22)(H,18,21);1-2H3. The van der Waals surface area contributed by atoms with Crippen molar-refractivity contribution in [3.63, 3.8) is 0 Å². The van der Waals surface area contributed by atoms with E-state index in [9.17, 15) is 19.2 Å². The fourth-order valence-electron chi connectivity index (χ4n) is 2.17. The van der Waals surface area contributed by atoms with E-state index in [4.69, 9.17) is 0 Å². The molecule has 2 unspecified atom stereocenters. The van der Waals surface area contributed by atoms with Crippen LogP contribution in [0, 0.1) is 5.92 Å². The molecule has 6 nitrogen and oxygen atoms in total. The van der Waals surface area contributed by atoms with Crippen LogP contribution in [0.5, 0.6) is 0 Å². The quantitative estimate of drug-likeness (QED) is 0.614. The Bertz CT molecular complexity index is 484. The van der Waals surface area contributed by atoms with Gasteiger partial charge in [-0.05, 0) is 24.5 Å². The van der Waals surface area contributed by atoms with Gasteiger partial charge >= 0.3 is 0 Å². The number of hydrogen-bond donors (Lipinski definition) is 2. The van der Waals surface area contributed by atoms with Gasteiger partial charge in [-0.15, -0.1) is 0 Å². The lowest BCUT2D eigenvalue weighted by Gasteiger charge is -2.29. The van der Waals surface area contributed by atoms with Crippen LogP contribution in [0.15, 0.2) is 0 Å². The Morgan fingerprint density at radius 3 is 1.73 bits per heavy atom. The molecule has 0 spiro atoms. The highest BCUT2D eigenvalue weighted by Crippen LogP contribution is 2.15. The van der Waals surface area contributed by atoms with Crippen LogP contribution in [0.25, 0.3) is 0 Å². The Kier molecular flexibility index (Phi) is 13.5. The van der Waals surface area contributed by atoms with Crippen LogP contribution in [0.4, 0.5) is 0 Å². The zero-order valence-electron chi connectivity index (χ0n) is 16.4. The largest absolute Gasteiger partial charge is 0.343 e. The summed E-state index contributed by atoms with van der Waals surface area (Å²) in [7, 11) is 0. The van der Waals surface area contributed by atoms with Crippen molar-refractivity contribution in [3.8, 4) is 0 Å². The van der Waals surface area contributed by atoms with Crippen molar-refractivity contribution in [2.75, 3.05) is 11.5 Å². The molecule has 8 heteroatoms. The molecule has 0 aromatic rings. The smallest absolute Gasteiger partial charge is 0.243 e. The van der Waals surface area contributed by atoms with E-state index in [2.05, 4.69) is 10.6 Å². The SMILES string of the molecule is CC.CCSC(=O)CCC1NC(=O)C(CCC(=O)SCC(C)C)NC1=O. The second-order valence-electron chi connectivity index (χ2n) is 6.08. The van der Waals surface area contributed by atoms with E-state index in [0.717, 1.165) is 5.75 Å². The predicted molar refractivity (Wildman–Crippen MR) is 109 cm³/mol.